The Morgan fingerprint density at radius 3 is 2.75 bits per heavy atom. The predicted octanol–water partition coefficient (Wildman–Crippen LogP) is 2.32. The maximum Gasteiger partial charge on any atom is 0.270 e. The number of methoxy groups -OCH3 is 2. The van der Waals surface area contributed by atoms with Gasteiger partial charge in [-0.15, -0.1) is 0 Å². The third-order valence-corrected chi connectivity index (χ3v) is 4.51. The zero-order chi connectivity index (χ0) is 19.9. The van der Waals surface area contributed by atoms with E-state index in [1.807, 2.05) is 18.2 Å². The van der Waals surface area contributed by atoms with E-state index in [-0.39, 0.29) is 12.0 Å². The van der Waals surface area contributed by atoms with Crippen molar-refractivity contribution >= 4 is 11.7 Å². The molecule has 0 radical (unpaired) electrons. The van der Waals surface area contributed by atoms with Crippen molar-refractivity contribution in [1.82, 2.24) is 15.3 Å². The minimum atomic E-state index is -0.227. The molecule has 2 N–H and O–H groups in total. The van der Waals surface area contributed by atoms with Crippen LogP contribution in [0.2, 0.25) is 0 Å². The maximum atomic E-state index is 12.4. The van der Waals surface area contributed by atoms with Crippen molar-refractivity contribution in [3.05, 3.63) is 41.3 Å². The number of aromatic nitrogens is 2. The van der Waals surface area contributed by atoms with Crippen LogP contribution in [0.1, 0.15) is 34.7 Å². The summed E-state index contributed by atoms with van der Waals surface area (Å²) in [6.07, 6.45) is 2.10. The first-order valence-electron chi connectivity index (χ1n) is 9.29. The number of ether oxygens (including phenoxy) is 3. The summed E-state index contributed by atoms with van der Waals surface area (Å²) in [5.74, 6) is 2.23. The lowest BCUT2D eigenvalue weighted by molar-refractivity contribution is 0.0853. The average Bonchev–Trinajstić information content (AvgIpc) is 3.23. The van der Waals surface area contributed by atoms with Crippen LogP contribution < -0.4 is 20.1 Å². The normalized spacial score (nSPS) is 15.9. The number of nitrogens with zero attached hydrogens (tertiary/aromatic N) is 2. The van der Waals surface area contributed by atoms with Gasteiger partial charge in [-0.05, 0) is 37.5 Å². The lowest BCUT2D eigenvalue weighted by atomic mass is 10.2. The van der Waals surface area contributed by atoms with Gasteiger partial charge in [0, 0.05) is 25.8 Å². The molecule has 0 spiro atoms. The highest BCUT2D eigenvalue weighted by Crippen LogP contribution is 2.27. The molecule has 8 heteroatoms. The highest BCUT2D eigenvalue weighted by molar-refractivity contribution is 5.92. The predicted molar refractivity (Wildman–Crippen MR) is 105 cm³/mol. The second-order valence-corrected chi connectivity index (χ2v) is 6.57. The average molecular weight is 386 g/mol. The summed E-state index contributed by atoms with van der Waals surface area (Å²) in [6.45, 7) is 3.54. The molecule has 1 atom stereocenters. The molecule has 1 saturated heterocycles. The Balaban J connectivity index is 1.63. The smallest absolute Gasteiger partial charge is 0.270 e. The Morgan fingerprint density at radius 2 is 2.04 bits per heavy atom. The molecule has 1 amide bonds. The number of hydrogen-bond donors (Lipinski definition) is 2. The van der Waals surface area contributed by atoms with Crippen LogP contribution in [0.15, 0.2) is 24.3 Å². The van der Waals surface area contributed by atoms with Crippen molar-refractivity contribution in [3.63, 3.8) is 0 Å². The number of hydrogen-bond acceptors (Lipinski definition) is 7. The van der Waals surface area contributed by atoms with E-state index in [2.05, 4.69) is 20.6 Å². The fourth-order valence-corrected chi connectivity index (χ4v) is 3.06. The van der Waals surface area contributed by atoms with Crippen LogP contribution in [-0.2, 0) is 11.3 Å². The van der Waals surface area contributed by atoms with Crippen molar-refractivity contribution in [3.8, 4) is 11.5 Å². The van der Waals surface area contributed by atoms with Gasteiger partial charge in [-0.1, -0.05) is 6.07 Å². The van der Waals surface area contributed by atoms with Crippen molar-refractivity contribution in [2.45, 2.75) is 32.4 Å². The molecule has 8 nitrogen and oxygen atoms in total. The van der Waals surface area contributed by atoms with Gasteiger partial charge in [-0.2, -0.15) is 0 Å². The Labute approximate surface area is 164 Å². The minimum absolute atomic E-state index is 0.0922. The second kappa shape index (κ2) is 9.36. The molecule has 0 saturated carbocycles. The molecule has 2 heterocycles. The number of amides is 1. The molecule has 3 rings (SSSR count). The maximum absolute atomic E-state index is 12.4. The summed E-state index contributed by atoms with van der Waals surface area (Å²) < 4.78 is 16.1. The quantitative estimate of drug-likeness (QED) is 0.719. The van der Waals surface area contributed by atoms with Crippen molar-refractivity contribution in [2.75, 3.05) is 32.7 Å². The molecule has 0 aliphatic carbocycles. The Kier molecular flexibility index (Phi) is 6.65. The second-order valence-electron chi connectivity index (χ2n) is 6.57. The Bertz CT molecular complexity index is 822. The van der Waals surface area contributed by atoms with E-state index >= 15 is 0 Å². The molecular formula is C20H26N4O4. The fourth-order valence-electron chi connectivity index (χ4n) is 3.06. The Morgan fingerprint density at radius 1 is 1.21 bits per heavy atom. The van der Waals surface area contributed by atoms with Crippen LogP contribution in [0.25, 0.3) is 0 Å². The standard InChI is InChI=1S/C20H26N4O4/c1-13-23-16(20(25)22-12-15-5-4-8-28-15)10-19(24-13)21-11-14-6-7-17(26-2)18(9-14)27-3/h6-7,9-10,15H,4-5,8,11-12H2,1-3H3,(H,22,25)(H,21,23,24). The molecule has 1 unspecified atom stereocenters. The van der Waals surface area contributed by atoms with Gasteiger partial charge in [0.05, 0.1) is 20.3 Å². The summed E-state index contributed by atoms with van der Waals surface area (Å²) >= 11 is 0. The minimum Gasteiger partial charge on any atom is -0.493 e. The van der Waals surface area contributed by atoms with Gasteiger partial charge in [0.25, 0.3) is 5.91 Å². The van der Waals surface area contributed by atoms with Crippen LogP contribution in [0.4, 0.5) is 5.82 Å². The molecule has 2 aromatic rings. The lowest BCUT2D eigenvalue weighted by Crippen LogP contribution is -2.32. The van der Waals surface area contributed by atoms with Gasteiger partial charge in [-0.3, -0.25) is 4.79 Å². The van der Waals surface area contributed by atoms with E-state index in [0.29, 0.717) is 41.9 Å². The molecule has 150 valence electrons. The lowest BCUT2D eigenvalue weighted by Gasteiger charge is -2.12. The van der Waals surface area contributed by atoms with Gasteiger partial charge >= 0.3 is 0 Å². The van der Waals surface area contributed by atoms with E-state index in [1.165, 1.54) is 0 Å². The molecule has 1 aliphatic rings. The Hall–Kier alpha value is -2.87. The van der Waals surface area contributed by atoms with Crippen molar-refractivity contribution in [1.29, 1.82) is 0 Å². The number of carbonyl (C=O) groups excluding carboxylic acids is 1. The molecule has 0 bridgehead atoms. The van der Waals surface area contributed by atoms with Gasteiger partial charge < -0.3 is 24.8 Å². The largest absolute Gasteiger partial charge is 0.493 e. The van der Waals surface area contributed by atoms with E-state index in [0.717, 1.165) is 25.0 Å². The topological polar surface area (TPSA) is 94.6 Å². The van der Waals surface area contributed by atoms with Crippen molar-refractivity contribution in [2.24, 2.45) is 0 Å². The number of benzene rings is 1. The summed E-state index contributed by atoms with van der Waals surface area (Å²) in [5.41, 5.74) is 1.33. The van der Waals surface area contributed by atoms with E-state index in [4.69, 9.17) is 14.2 Å². The van der Waals surface area contributed by atoms with E-state index < -0.39 is 0 Å². The SMILES string of the molecule is COc1ccc(CNc2cc(C(=O)NCC3CCCO3)nc(C)n2)cc1OC. The molecule has 1 aromatic heterocycles. The number of aryl methyl sites for hydroxylation is 1. The zero-order valence-electron chi connectivity index (χ0n) is 16.4. The van der Waals surface area contributed by atoms with Gasteiger partial charge in [0.1, 0.15) is 17.3 Å². The number of anilines is 1. The van der Waals surface area contributed by atoms with E-state index in [9.17, 15) is 4.79 Å². The molecule has 1 fully saturated rings. The van der Waals surface area contributed by atoms with Crippen LogP contribution in [0, 0.1) is 6.92 Å². The third kappa shape index (κ3) is 5.10. The number of carbonyl (C=O) groups is 1. The van der Waals surface area contributed by atoms with Crippen LogP contribution in [0.5, 0.6) is 11.5 Å². The number of nitrogens with one attached hydrogen (secondary N) is 2. The summed E-state index contributed by atoms with van der Waals surface area (Å²) in [7, 11) is 3.20. The molecule has 28 heavy (non-hydrogen) atoms. The molecular weight excluding hydrogens is 360 g/mol. The first-order valence-corrected chi connectivity index (χ1v) is 9.29. The first-order chi connectivity index (χ1) is 13.6. The molecule has 1 aromatic carbocycles. The van der Waals surface area contributed by atoms with Crippen LogP contribution >= 0.6 is 0 Å². The molecule has 1 aliphatic heterocycles. The number of rotatable bonds is 8. The van der Waals surface area contributed by atoms with E-state index in [1.54, 1.807) is 27.2 Å². The summed E-state index contributed by atoms with van der Waals surface area (Å²) in [5, 5.41) is 6.12. The first kappa shape index (κ1) is 19.9. The van der Waals surface area contributed by atoms with Gasteiger partial charge in [-0.25, -0.2) is 9.97 Å². The third-order valence-electron chi connectivity index (χ3n) is 4.51. The van der Waals surface area contributed by atoms with Crippen LogP contribution in [-0.4, -0.2) is 49.4 Å². The zero-order valence-corrected chi connectivity index (χ0v) is 16.4. The summed E-state index contributed by atoms with van der Waals surface area (Å²) in [4.78, 5) is 21.0. The summed E-state index contributed by atoms with van der Waals surface area (Å²) in [6, 6.07) is 7.34. The van der Waals surface area contributed by atoms with Crippen LogP contribution in [0.3, 0.4) is 0 Å². The monoisotopic (exact) mass is 386 g/mol. The van der Waals surface area contributed by atoms with Gasteiger partial charge in [0.2, 0.25) is 0 Å². The van der Waals surface area contributed by atoms with Gasteiger partial charge in [0.15, 0.2) is 11.5 Å². The highest BCUT2D eigenvalue weighted by Gasteiger charge is 2.18. The van der Waals surface area contributed by atoms with Crippen molar-refractivity contribution < 1.29 is 19.0 Å². The highest BCUT2D eigenvalue weighted by atomic mass is 16.5. The fraction of sp³-hybridized carbons (Fsp3) is 0.450.